The third kappa shape index (κ3) is 3.74. The number of aliphatic hydroxyl groups excluding tert-OH is 3. The maximum atomic E-state index is 13.4. The van der Waals surface area contributed by atoms with Crippen LogP contribution in [0.15, 0.2) is 33.5 Å². The van der Waals surface area contributed by atoms with Gasteiger partial charge in [-0.15, -0.1) is 0 Å². The first-order chi connectivity index (χ1) is 15.6. The number of hydrogen-bond acceptors (Lipinski definition) is 12. The second-order valence-electron chi connectivity index (χ2n) is 7.31. The molecule has 1 saturated heterocycles. The van der Waals surface area contributed by atoms with Crippen LogP contribution in [0.4, 0.5) is 0 Å². The van der Waals surface area contributed by atoms with Gasteiger partial charge in [0.05, 0.1) is 13.7 Å². The predicted octanol–water partition coefficient (Wildman–Crippen LogP) is 0.109. The van der Waals surface area contributed by atoms with Crippen LogP contribution in [0.2, 0.25) is 0 Å². The number of aromatic hydroxyl groups is 4. The van der Waals surface area contributed by atoms with Crippen molar-refractivity contribution in [3.05, 3.63) is 34.5 Å². The van der Waals surface area contributed by atoms with Crippen molar-refractivity contribution >= 4 is 11.0 Å². The molecule has 0 bridgehead atoms. The van der Waals surface area contributed by atoms with E-state index >= 15 is 0 Å². The Bertz CT molecular complexity index is 1270. The zero-order valence-electron chi connectivity index (χ0n) is 17.0. The van der Waals surface area contributed by atoms with Crippen molar-refractivity contribution in [3.63, 3.8) is 0 Å². The first-order valence-corrected chi connectivity index (χ1v) is 9.58. The van der Waals surface area contributed by atoms with E-state index in [-0.39, 0.29) is 16.9 Å². The summed E-state index contributed by atoms with van der Waals surface area (Å²) in [7, 11) is 1.16. The van der Waals surface area contributed by atoms with Gasteiger partial charge >= 0.3 is 0 Å². The fourth-order valence-electron chi connectivity index (χ4n) is 3.45. The van der Waals surface area contributed by atoms with Gasteiger partial charge in [0.1, 0.15) is 29.3 Å². The minimum atomic E-state index is -1.76. The highest BCUT2D eigenvalue weighted by atomic mass is 16.7. The molecule has 0 spiro atoms. The predicted molar refractivity (Wildman–Crippen MR) is 110 cm³/mol. The summed E-state index contributed by atoms with van der Waals surface area (Å²) in [6, 6.07) is 4.49. The molecule has 4 atom stereocenters. The lowest BCUT2D eigenvalue weighted by atomic mass is 10.1. The number of rotatable bonds is 4. The maximum absolute atomic E-state index is 13.4. The molecule has 0 saturated carbocycles. The highest BCUT2D eigenvalue weighted by Crippen LogP contribution is 2.44. The molecule has 12 nitrogen and oxygen atoms in total. The number of hydrogen-bond donors (Lipinski definition) is 7. The zero-order valence-corrected chi connectivity index (χ0v) is 17.0. The van der Waals surface area contributed by atoms with E-state index in [1.165, 1.54) is 6.07 Å². The fourth-order valence-corrected chi connectivity index (χ4v) is 3.45. The van der Waals surface area contributed by atoms with Crippen molar-refractivity contribution in [1.82, 2.24) is 0 Å². The van der Waals surface area contributed by atoms with Gasteiger partial charge in [0, 0.05) is 11.6 Å². The van der Waals surface area contributed by atoms with Gasteiger partial charge in [0.25, 0.3) is 0 Å². The molecule has 4 rings (SSSR count). The molecule has 12 heteroatoms. The Morgan fingerprint density at radius 2 is 1.67 bits per heavy atom. The molecule has 1 aliphatic rings. The van der Waals surface area contributed by atoms with Crippen LogP contribution in [-0.2, 0) is 4.74 Å². The molecule has 4 unspecified atom stereocenters. The van der Waals surface area contributed by atoms with E-state index in [0.717, 1.165) is 25.3 Å². The van der Waals surface area contributed by atoms with Crippen LogP contribution in [0.1, 0.15) is 0 Å². The fraction of sp³-hybridized carbons (Fsp3) is 0.286. The second kappa shape index (κ2) is 8.33. The van der Waals surface area contributed by atoms with E-state index in [1.807, 2.05) is 0 Å². The highest BCUT2D eigenvalue weighted by molar-refractivity contribution is 5.91. The minimum absolute atomic E-state index is 0.0416. The van der Waals surface area contributed by atoms with Gasteiger partial charge in [-0.25, -0.2) is 0 Å². The molecule has 0 amide bonds. The second-order valence-corrected chi connectivity index (χ2v) is 7.31. The van der Waals surface area contributed by atoms with E-state index in [1.54, 1.807) is 0 Å². The van der Waals surface area contributed by atoms with Crippen LogP contribution in [0.3, 0.4) is 0 Å². The van der Waals surface area contributed by atoms with E-state index < -0.39 is 76.5 Å². The lowest BCUT2D eigenvalue weighted by Crippen LogP contribution is -2.55. The molecule has 7 N–H and O–H groups in total. The van der Waals surface area contributed by atoms with Crippen LogP contribution < -0.4 is 14.9 Å². The van der Waals surface area contributed by atoms with Gasteiger partial charge in [-0.3, -0.25) is 4.79 Å². The summed E-state index contributed by atoms with van der Waals surface area (Å²) in [5.41, 5.74) is -1.20. The van der Waals surface area contributed by atoms with Gasteiger partial charge in [-0.05, 0) is 18.2 Å². The average molecular weight is 464 g/mol. The summed E-state index contributed by atoms with van der Waals surface area (Å²) in [5.74, 6) is -3.58. The third-order valence-corrected chi connectivity index (χ3v) is 5.18. The summed E-state index contributed by atoms with van der Waals surface area (Å²) in [6.45, 7) is -0.413. The molecule has 33 heavy (non-hydrogen) atoms. The van der Waals surface area contributed by atoms with Gasteiger partial charge < -0.3 is 54.4 Å². The summed E-state index contributed by atoms with van der Waals surface area (Å²) < 4.78 is 21.3. The van der Waals surface area contributed by atoms with Gasteiger partial charge in [0.2, 0.25) is 23.2 Å². The number of benzene rings is 2. The van der Waals surface area contributed by atoms with Crippen LogP contribution in [0.5, 0.6) is 34.5 Å². The molecule has 176 valence electrons. The Morgan fingerprint density at radius 1 is 0.939 bits per heavy atom. The number of phenols is 4. The smallest absolute Gasteiger partial charge is 0.239 e. The number of ether oxygens (including phenoxy) is 3. The molecule has 2 heterocycles. The van der Waals surface area contributed by atoms with Crippen molar-refractivity contribution < 1.29 is 54.4 Å². The van der Waals surface area contributed by atoms with Crippen molar-refractivity contribution in [2.24, 2.45) is 0 Å². The van der Waals surface area contributed by atoms with Crippen LogP contribution in [-0.4, -0.2) is 74.1 Å². The Balaban J connectivity index is 1.96. The summed E-state index contributed by atoms with van der Waals surface area (Å²) >= 11 is 0. The van der Waals surface area contributed by atoms with Crippen LogP contribution in [0.25, 0.3) is 22.3 Å². The number of phenolic OH excluding ortho intramolecular Hbond substituents is 4. The van der Waals surface area contributed by atoms with E-state index in [0.29, 0.717) is 0 Å². The van der Waals surface area contributed by atoms with Crippen LogP contribution >= 0.6 is 0 Å². The van der Waals surface area contributed by atoms with Gasteiger partial charge in [-0.1, -0.05) is 0 Å². The molecule has 2 aromatic carbocycles. The third-order valence-electron chi connectivity index (χ3n) is 5.18. The molecule has 0 aliphatic carbocycles. The van der Waals surface area contributed by atoms with Crippen molar-refractivity contribution in [3.8, 4) is 45.8 Å². The first-order valence-electron chi connectivity index (χ1n) is 9.58. The number of aliphatic hydroxyl groups is 3. The molecule has 1 fully saturated rings. The summed E-state index contributed by atoms with van der Waals surface area (Å²) in [4.78, 5) is 13.4. The number of methoxy groups -OCH3 is 1. The van der Waals surface area contributed by atoms with Gasteiger partial charge in [-0.2, -0.15) is 0 Å². The van der Waals surface area contributed by atoms with E-state index in [9.17, 15) is 40.5 Å². The quantitative estimate of drug-likeness (QED) is 0.257. The highest BCUT2D eigenvalue weighted by Gasteiger charge is 2.40. The Morgan fingerprint density at radius 3 is 2.33 bits per heavy atom. The minimum Gasteiger partial charge on any atom is -0.504 e. The Kier molecular flexibility index (Phi) is 5.68. The van der Waals surface area contributed by atoms with Crippen molar-refractivity contribution in [1.29, 1.82) is 0 Å². The van der Waals surface area contributed by atoms with E-state index in [4.69, 9.17) is 18.6 Å². The molecule has 1 aromatic heterocycles. The summed E-state index contributed by atoms with van der Waals surface area (Å²) in [5, 5.41) is 69.4. The van der Waals surface area contributed by atoms with Crippen LogP contribution in [0, 0.1) is 0 Å². The SMILES string of the molecule is COc1c(O)cc2oc(-c3ccc(O)c(O)c3)c(OC3OCC(O)C(O)C3O)c(=O)c2c1O. The molecular formula is C21H20O12. The lowest BCUT2D eigenvalue weighted by Gasteiger charge is -2.34. The monoisotopic (exact) mass is 464 g/mol. The molecular weight excluding hydrogens is 444 g/mol. The largest absolute Gasteiger partial charge is 0.504 e. The zero-order chi connectivity index (χ0) is 24.0. The maximum Gasteiger partial charge on any atom is 0.239 e. The van der Waals surface area contributed by atoms with E-state index in [2.05, 4.69) is 0 Å². The van der Waals surface area contributed by atoms with Crippen molar-refractivity contribution in [2.75, 3.05) is 13.7 Å². The first kappa shape index (κ1) is 22.5. The lowest BCUT2D eigenvalue weighted by molar-refractivity contribution is -0.242. The standard InChI is InChI=1S/C21H20O12/c1-30-19-10(24)5-12-13(15(19)27)16(28)20(33-21-17(29)14(26)11(25)6-31-21)18(32-12)7-2-3-8(22)9(23)4-7/h2-5,11,14,17,21-27,29H,6H2,1H3. The molecule has 1 aliphatic heterocycles. The van der Waals surface area contributed by atoms with Crippen molar-refractivity contribution in [2.45, 2.75) is 24.6 Å². The average Bonchev–Trinajstić information content (AvgIpc) is 2.77. The number of fused-ring (bicyclic) bond motifs is 1. The molecule has 0 radical (unpaired) electrons. The van der Waals surface area contributed by atoms with Gasteiger partial charge in [0.15, 0.2) is 28.8 Å². The normalized spacial score (nSPS) is 22.9. The topological polar surface area (TPSA) is 200 Å². The Labute approximate surface area is 184 Å². The summed E-state index contributed by atoms with van der Waals surface area (Å²) in [6.07, 6.45) is -6.40. The Hall–Kier alpha value is -3.71. The molecule has 3 aromatic rings.